The molecular formula is C13H20N2O3. The Morgan fingerprint density at radius 2 is 2.06 bits per heavy atom. The van der Waals surface area contributed by atoms with Gasteiger partial charge in [-0.2, -0.15) is 0 Å². The van der Waals surface area contributed by atoms with Crippen LogP contribution in [0, 0.1) is 0 Å². The van der Waals surface area contributed by atoms with Crippen molar-refractivity contribution in [2.45, 2.75) is 32.6 Å². The summed E-state index contributed by atoms with van der Waals surface area (Å²) in [7, 11) is 0. The lowest BCUT2D eigenvalue weighted by molar-refractivity contribution is -0.134. The number of nitrogens with zero attached hydrogens (tertiary/aromatic N) is 2. The fourth-order valence-corrected chi connectivity index (χ4v) is 1.79. The molecule has 100 valence electrons. The zero-order chi connectivity index (χ0) is 13.2. The quantitative estimate of drug-likeness (QED) is 0.797. The molecule has 1 aliphatic rings. The molecule has 0 radical (unpaired) electrons. The second-order valence-electron chi connectivity index (χ2n) is 5.54. The van der Waals surface area contributed by atoms with Gasteiger partial charge < -0.3 is 14.1 Å². The van der Waals surface area contributed by atoms with Crippen LogP contribution < -0.4 is 0 Å². The van der Waals surface area contributed by atoms with E-state index in [1.807, 2.05) is 0 Å². The van der Waals surface area contributed by atoms with E-state index in [0.717, 1.165) is 5.76 Å². The summed E-state index contributed by atoms with van der Waals surface area (Å²) in [6.07, 6.45) is 1.94. The molecule has 1 aromatic heterocycles. The zero-order valence-electron chi connectivity index (χ0n) is 11.2. The van der Waals surface area contributed by atoms with Gasteiger partial charge in [-0.25, -0.2) is 4.98 Å². The van der Waals surface area contributed by atoms with Gasteiger partial charge in [0.05, 0.1) is 19.4 Å². The summed E-state index contributed by atoms with van der Waals surface area (Å²) in [4.78, 5) is 18.0. The van der Waals surface area contributed by atoms with Crippen LogP contribution in [0.4, 0.5) is 0 Å². The van der Waals surface area contributed by atoms with Crippen molar-refractivity contribution >= 4 is 5.91 Å². The van der Waals surface area contributed by atoms with Crippen LogP contribution in [0.1, 0.15) is 32.4 Å². The maximum absolute atomic E-state index is 12.0. The Kier molecular flexibility index (Phi) is 3.71. The molecule has 1 saturated heterocycles. The molecule has 0 unspecified atom stereocenters. The van der Waals surface area contributed by atoms with Gasteiger partial charge in [0.2, 0.25) is 11.8 Å². The smallest absolute Gasteiger partial charge is 0.232 e. The highest BCUT2D eigenvalue weighted by Gasteiger charge is 2.22. The number of morpholine rings is 1. The Hall–Kier alpha value is -1.36. The molecule has 18 heavy (non-hydrogen) atoms. The number of carbonyl (C=O) groups excluding carboxylic acids is 1. The van der Waals surface area contributed by atoms with Crippen molar-refractivity contribution in [2.24, 2.45) is 0 Å². The third-order valence-electron chi connectivity index (χ3n) is 2.96. The van der Waals surface area contributed by atoms with Crippen molar-refractivity contribution in [3.8, 4) is 0 Å². The number of rotatable bonds is 2. The number of carbonyl (C=O) groups is 1. The molecule has 1 amide bonds. The van der Waals surface area contributed by atoms with Crippen LogP contribution in [0.5, 0.6) is 0 Å². The van der Waals surface area contributed by atoms with Crippen molar-refractivity contribution in [2.75, 3.05) is 26.3 Å². The molecule has 0 N–H and O–H groups in total. The van der Waals surface area contributed by atoms with E-state index in [2.05, 4.69) is 25.8 Å². The third kappa shape index (κ3) is 3.10. The van der Waals surface area contributed by atoms with E-state index in [-0.39, 0.29) is 17.7 Å². The van der Waals surface area contributed by atoms with Crippen molar-refractivity contribution in [1.29, 1.82) is 0 Å². The first-order valence-corrected chi connectivity index (χ1v) is 6.27. The lowest BCUT2D eigenvalue weighted by Crippen LogP contribution is -2.41. The van der Waals surface area contributed by atoms with Gasteiger partial charge in [-0.1, -0.05) is 20.8 Å². The molecule has 1 aliphatic heterocycles. The van der Waals surface area contributed by atoms with E-state index >= 15 is 0 Å². The molecule has 5 heteroatoms. The minimum atomic E-state index is -0.0761. The van der Waals surface area contributed by atoms with Gasteiger partial charge in [0.15, 0.2) is 0 Å². The molecule has 0 saturated carbocycles. The SMILES string of the molecule is CC(C)(C)c1cnc(CC(=O)N2CCOCC2)o1. The second kappa shape index (κ2) is 5.10. The normalized spacial score (nSPS) is 16.9. The highest BCUT2D eigenvalue weighted by molar-refractivity contribution is 5.77. The number of hydrogen-bond donors (Lipinski definition) is 0. The number of ether oxygens (including phenoxy) is 1. The van der Waals surface area contributed by atoms with Crippen molar-refractivity contribution in [3.05, 3.63) is 17.8 Å². The van der Waals surface area contributed by atoms with E-state index in [1.54, 1.807) is 11.1 Å². The van der Waals surface area contributed by atoms with Crippen LogP contribution in [0.2, 0.25) is 0 Å². The number of amides is 1. The highest BCUT2D eigenvalue weighted by Crippen LogP contribution is 2.22. The first kappa shape index (κ1) is 13.1. The summed E-state index contributed by atoms with van der Waals surface area (Å²) >= 11 is 0. The zero-order valence-corrected chi connectivity index (χ0v) is 11.2. The van der Waals surface area contributed by atoms with E-state index in [0.29, 0.717) is 32.2 Å². The molecule has 2 heterocycles. The van der Waals surface area contributed by atoms with Crippen molar-refractivity contribution in [3.63, 3.8) is 0 Å². The van der Waals surface area contributed by atoms with E-state index in [4.69, 9.17) is 9.15 Å². The van der Waals surface area contributed by atoms with Crippen LogP contribution in [0.15, 0.2) is 10.6 Å². The predicted octanol–water partition coefficient (Wildman–Crippen LogP) is 1.37. The first-order valence-electron chi connectivity index (χ1n) is 6.27. The molecule has 0 atom stereocenters. The highest BCUT2D eigenvalue weighted by atomic mass is 16.5. The van der Waals surface area contributed by atoms with E-state index in [9.17, 15) is 4.79 Å². The molecule has 1 aromatic rings. The molecular weight excluding hydrogens is 232 g/mol. The fraction of sp³-hybridized carbons (Fsp3) is 0.692. The molecule has 1 fully saturated rings. The monoisotopic (exact) mass is 252 g/mol. The Morgan fingerprint density at radius 3 is 2.61 bits per heavy atom. The van der Waals surface area contributed by atoms with Crippen LogP contribution >= 0.6 is 0 Å². The van der Waals surface area contributed by atoms with Crippen LogP contribution in [0.3, 0.4) is 0 Å². The Labute approximate surface area is 107 Å². The topological polar surface area (TPSA) is 55.6 Å². The maximum atomic E-state index is 12.0. The van der Waals surface area contributed by atoms with Crippen LogP contribution in [0.25, 0.3) is 0 Å². The molecule has 0 bridgehead atoms. The predicted molar refractivity (Wildman–Crippen MR) is 66.3 cm³/mol. The molecule has 5 nitrogen and oxygen atoms in total. The second-order valence-corrected chi connectivity index (χ2v) is 5.54. The van der Waals surface area contributed by atoms with Gasteiger partial charge in [0, 0.05) is 18.5 Å². The molecule has 0 aliphatic carbocycles. The minimum absolute atomic E-state index is 0.0561. The molecule has 2 rings (SSSR count). The van der Waals surface area contributed by atoms with Gasteiger partial charge in [-0.05, 0) is 0 Å². The molecule has 0 spiro atoms. The van der Waals surface area contributed by atoms with Gasteiger partial charge >= 0.3 is 0 Å². The number of aromatic nitrogens is 1. The maximum Gasteiger partial charge on any atom is 0.232 e. The average Bonchev–Trinajstić information content (AvgIpc) is 2.78. The molecule has 0 aromatic carbocycles. The summed E-state index contributed by atoms with van der Waals surface area (Å²) in [6.45, 7) is 8.72. The Morgan fingerprint density at radius 1 is 1.39 bits per heavy atom. The van der Waals surface area contributed by atoms with Gasteiger partial charge in [0.25, 0.3) is 0 Å². The summed E-state index contributed by atoms with van der Waals surface area (Å²) < 4.78 is 10.8. The van der Waals surface area contributed by atoms with E-state index in [1.165, 1.54) is 0 Å². The summed E-state index contributed by atoms with van der Waals surface area (Å²) in [5, 5.41) is 0. The summed E-state index contributed by atoms with van der Waals surface area (Å²) in [5.41, 5.74) is -0.0761. The number of oxazole rings is 1. The average molecular weight is 252 g/mol. The number of hydrogen-bond acceptors (Lipinski definition) is 4. The van der Waals surface area contributed by atoms with E-state index < -0.39 is 0 Å². The van der Waals surface area contributed by atoms with Crippen molar-refractivity contribution in [1.82, 2.24) is 9.88 Å². The lowest BCUT2D eigenvalue weighted by atomic mass is 9.94. The Bertz CT molecular complexity index is 414. The minimum Gasteiger partial charge on any atom is -0.445 e. The largest absolute Gasteiger partial charge is 0.445 e. The lowest BCUT2D eigenvalue weighted by Gasteiger charge is -2.26. The van der Waals surface area contributed by atoms with Crippen molar-refractivity contribution < 1.29 is 13.9 Å². The van der Waals surface area contributed by atoms with Crippen LogP contribution in [-0.2, 0) is 21.4 Å². The third-order valence-corrected chi connectivity index (χ3v) is 2.96. The standard InChI is InChI=1S/C13H20N2O3/c1-13(2,3)10-9-14-11(18-10)8-12(16)15-4-6-17-7-5-15/h9H,4-8H2,1-3H3. The fourth-order valence-electron chi connectivity index (χ4n) is 1.79. The Balaban J connectivity index is 1.96. The first-order chi connectivity index (χ1) is 8.47. The van der Waals surface area contributed by atoms with Gasteiger partial charge in [-0.15, -0.1) is 0 Å². The van der Waals surface area contributed by atoms with Gasteiger partial charge in [0.1, 0.15) is 12.2 Å². The van der Waals surface area contributed by atoms with Gasteiger partial charge in [-0.3, -0.25) is 4.79 Å². The summed E-state index contributed by atoms with van der Waals surface area (Å²) in [5.74, 6) is 1.37. The summed E-state index contributed by atoms with van der Waals surface area (Å²) in [6, 6.07) is 0. The van der Waals surface area contributed by atoms with Crippen LogP contribution in [-0.4, -0.2) is 42.1 Å².